The molecule has 0 N–H and O–H groups in total. The number of aromatic nitrogens is 1. The third-order valence-electron chi connectivity index (χ3n) is 6.39. The summed E-state index contributed by atoms with van der Waals surface area (Å²) in [5, 5.41) is 0.762. The molecule has 2 unspecified atom stereocenters. The number of anilines is 1. The highest BCUT2D eigenvalue weighted by Gasteiger charge is 2.40. The van der Waals surface area contributed by atoms with E-state index in [0.717, 1.165) is 55.4 Å². The van der Waals surface area contributed by atoms with E-state index in [4.69, 9.17) is 16.3 Å². The van der Waals surface area contributed by atoms with Crippen molar-refractivity contribution in [2.75, 3.05) is 51.3 Å². The van der Waals surface area contributed by atoms with Crippen molar-refractivity contribution in [1.82, 2.24) is 14.4 Å². The van der Waals surface area contributed by atoms with E-state index in [-0.39, 0.29) is 18.1 Å². The molecule has 2 aromatic rings. The number of halogens is 1. The van der Waals surface area contributed by atoms with Gasteiger partial charge in [0.15, 0.2) is 0 Å². The van der Waals surface area contributed by atoms with E-state index >= 15 is 0 Å². The van der Waals surface area contributed by atoms with Crippen LogP contribution in [0.15, 0.2) is 36.5 Å². The summed E-state index contributed by atoms with van der Waals surface area (Å²) in [5.74, 6) is 0.122. The summed E-state index contributed by atoms with van der Waals surface area (Å²) in [6, 6.07) is 10.1. The van der Waals surface area contributed by atoms with Crippen LogP contribution in [-0.2, 0) is 11.8 Å². The molecule has 0 saturated carbocycles. The Balaban J connectivity index is 1.57. The smallest absolute Gasteiger partial charge is 0.255 e. The molecule has 0 radical (unpaired) electrons. The van der Waals surface area contributed by atoms with Gasteiger partial charge in [0.2, 0.25) is 0 Å². The maximum Gasteiger partial charge on any atom is 0.255 e. The monoisotopic (exact) mass is 430 g/mol. The van der Waals surface area contributed by atoms with Gasteiger partial charge in [-0.15, -0.1) is 0 Å². The van der Waals surface area contributed by atoms with Crippen LogP contribution in [0, 0.1) is 0 Å². The maximum atomic E-state index is 13.2. The lowest BCUT2D eigenvalue weighted by Gasteiger charge is -2.43. The minimum absolute atomic E-state index is 0.122. The van der Waals surface area contributed by atoms with Gasteiger partial charge in [-0.3, -0.25) is 9.69 Å². The van der Waals surface area contributed by atoms with Crippen LogP contribution >= 0.6 is 11.6 Å². The Labute approximate surface area is 183 Å². The van der Waals surface area contributed by atoms with Crippen LogP contribution < -0.4 is 4.90 Å². The molecule has 30 heavy (non-hydrogen) atoms. The van der Waals surface area contributed by atoms with Crippen LogP contribution in [0.25, 0.3) is 0 Å². The van der Waals surface area contributed by atoms with Crippen LogP contribution in [0.5, 0.6) is 0 Å². The minimum Gasteiger partial charge on any atom is -0.373 e. The van der Waals surface area contributed by atoms with Gasteiger partial charge in [-0.05, 0) is 36.8 Å². The Kier molecular flexibility index (Phi) is 6.37. The van der Waals surface area contributed by atoms with Gasteiger partial charge in [-0.1, -0.05) is 18.5 Å². The molecule has 1 amide bonds. The van der Waals surface area contributed by atoms with Crippen LogP contribution in [0.4, 0.5) is 5.69 Å². The number of hydrogen-bond donors (Lipinski definition) is 0. The molecule has 4 rings (SSSR count). The average molecular weight is 431 g/mol. The molecule has 3 heterocycles. The fourth-order valence-electron chi connectivity index (χ4n) is 4.84. The quantitative estimate of drug-likeness (QED) is 0.728. The van der Waals surface area contributed by atoms with Gasteiger partial charge < -0.3 is 19.1 Å². The summed E-state index contributed by atoms with van der Waals surface area (Å²) in [7, 11) is 3.77. The standard InChI is InChI=1S/C23H31ClN4O2/c1-4-10-28-16-20(22(30-3)21-19(23(28)29)9-11-25(21)2)27-14-12-26(13-15-27)18-7-5-17(24)6-8-18/h5-9,11,20,22H,4,10,12-16H2,1-3H3. The Morgan fingerprint density at radius 3 is 2.43 bits per heavy atom. The molecule has 7 heteroatoms. The second-order valence-electron chi connectivity index (χ2n) is 8.20. The highest BCUT2D eigenvalue weighted by atomic mass is 35.5. The molecule has 2 atom stereocenters. The number of carbonyl (C=O) groups is 1. The molecule has 0 aliphatic carbocycles. The zero-order valence-electron chi connectivity index (χ0n) is 18.1. The van der Waals surface area contributed by atoms with Gasteiger partial charge in [0.25, 0.3) is 5.91 Å². The van der Waals surface area contributed by atoms with Crippen molar-refractivity contribution in [3.63, 3.8) is 0 Å². The first kappa shape index (κ1) is 21.2. The second-order valence-corrected chi connectivity index (χ2v) is 8.64. The Hall–Kier alpha value is -2.02. The predicted octanol–water partition coefficient (Wildman–Crippen LogP) is 3.42. The summed E-state index contributed by atoms with van der Waals surface area (Å²) >= 11 is 6.04. The molecule has 1 aromatic heterocycles. The number of benzene rings is 1. The van der Waals surface area contributed by atoms with E-state index in [9.17, 15) is 4.79 Å². The third-order valence-corrected chi connectivity index (χ3v) is 6.64. The molecule has 6 nitrogen and oxygen atoms in total. The highest BCUT2D eigenvalue weighted by Crippen LogP contribution is 2.33. The molecule has 0 bridgehead atoms. The first-order valence-electron chi connectivity index (χ1n) is 10.7. The molecular formula is C23H31ClN4O2. The first-order valence-corrected chi connectivity index (χ1v) is 11.1. The Morgan fingerprint density at radius 2 is 1.80 bits per heavy atom. The summed E-state index contributed by atoms with van der Waals surface area (Å²) < 4.78 is 8.08. The first-order chi connectivity index (χ1) is 14.5. The van der Waals surface area contributed by atoms with E-state index in [2.05, 4.69) is 28.9 Å². The number of piperazine rings is 1. The third kappa shape index (κ3) is 3.96. The fraction of sp³-hybridized carbons (Fsp3) is 0.522. The summed E-state index contributed by atoms with van der Waals surface area (Å²) in [6.07, 6.45) is 2.79. The Bertz CT molecular complexity index is 874. The average Bonchev–Trinajstić information content (AvgIpc) is 3.09. The lowest BCUT2D eigenvalue weighted by Crippen LogP contribution is -2.55. The van der Waals surface area contributed by atoms with Gasteiger partial charge in [0.05, 0.1) is 17.3 Å². The maximum absolute atomic E-state index is 13.2. The number of rotatable bonds is 5. The van der Waals surface area contributed by atoms with Crippen molar-refractivity contribution >= 4 is 23.2 Å². The molecule has 2 aliphatic heterocycles. The zero-order chi connectivity index (χ0) is 21.3. The molecule has 0 spiro atoms. The minimum atomic E-state index is -0.132. The van der Waals surface area contributed by atoms with Gasteiger partial charge in [0.1, 0.15) is 6.10 Å². The highest BCUT2D eigenvalue weighted by molar-refractivity contribution is 6.30. The topological polar surface area (TPSA) is 41.0 Å². The molecular weight excluding hydrogens is 400 g/mol. The molecule has 2 aliphatic rings. The van der Waals surface area contributed by atoms with Crippen LogP contribution in [-0.4, -0.2) is 72.7 Å². The van der Waals surface area contributed by atoms with Crippen molar-refractivity contribution < 1.29 is 9.53 Å². The lowest BCUT2D eigenvalue weighted by molar-refractivity contribution is -0.00306. The molecule has 1 aromatic carbocycles. The molecule has 162 valence electrons. The van der Waals surface area contributed by atoms with E-state index in [1.54, 1.807) is 7.11 Å². The van der Waals surface area contributed by atoms with Gasteiger partial charge in [-0.25, -0.2) is 0 Å². The number of ether oxygens (including phenoxy) is 1. The Morgan fingerprint density at radius 1 is 1.10 bits per heavy atom. The number of carbonyl (C=O) groups excluding carboxylic acids is 1. The van der Waals surface area contributed by atoms with Crippen LogP contribution in [0.2, 0.25) is 5.02 Å². The lowest BCUT2D eigenvalue weighted by atomic mass is 10.0. The summed E-state index contributed by atoms with van der Waals surface area (Å²) in [6.45, 7) is 7.33. The predicted molar refractivity (Wildman–Crippen MR) is 120 cm³/mol. The SMILES string of the molecule is CCCN1CC(N2CCN(c3ccc(Cl)cc3)CC2)C(OC)c2c(ccn2C)C1=O. The largest absolute Gasteiger partial charge is 0.373 e. The van der Waals surface area contributed by atoms with Crippen molar-refractivity contribution in [3.8, 4) is 0 Å². The number of amides is 1. The molecule has 1 saturated heterocycles. The summed E-state index contributed by atoms with van der Waals surface area (Å²) in [4.78, 5) is 20.1. The second kappa shape index (κ2) is 9.00. The number of aryl methyl sites for hydroxylation is 1. The number of fused-ring (bicyclic) bond motifs is 1. The summed E-state index contributed by atoms with van der Waals surface area (Å²) in [5.41, 5.74) is 2.97. The fourth-order valence-corrected chi connectivity index (χ4v) is 4.96. The van der Waals surface area contributed by atoms with Crippen LogP contribution in [0.3, 0.4) is 0 Å². The normalized spacial score (nSPS) is 22.9. The van der Waals surface area contributed by atoms with Crippen LogP contribution in [0.1, 0.15) is 35.5 Å². The van der Waals surface area contributed by atoms with E-state index in [1.165, 1.54) is 5.69 Å². The number of hydrogen-bond acceptors (Lipinski definition) is 4. The number of nitrogens with zero attached hydrogens (tertiary/aromatic N) is 4. The van der Waals surface area contributed by atoms with E-state index in [1.807, 2.05) is 40.9 Å². The van der Waals surface area contributed by atoms with Gasteiger partial charge in [-0.2, -0.15) is 0 Å². The van der Waals surface area contributed by atoms with Crippen molar-refractivity contribution in [3.05, 3.63) is 52.8 Å². The van der Waals surface area contributed by atoms with Crippen molar-refractivity contribution in [2.24, 2.45) is 7.05 Å². The van der Waals surface area contributed by atoms with Gasteiger partial charge in [0, 0.05) is 70.3 Å². The van der Waals surface area contributed by atoms with Gasteiger partial charge >= 0.3 is 0 Å². The zero-order valence-corrected chi connectivity index (χ0v) is 18.8. The van der Waals surface area contributed by atoms with Crippen molar-refractivity contribution in [1.29, 1.82) is 0 Å². The van der Waals surface area contributed by atoms with E-state index in [0.29, 0.717) is 6.54 Å². The van der Waals surface area contributed by atoms with E-state index < -0.39 is 0 Å². The number of methoxy groups -OCH3 is 1. The molecule has 1 fully saturated rings. The van der Waals surface area contributed by atoms with Crippen molar-refractivity contribution in [2.45, 2.75) is 25.5 Å².